The molecular formula is C13H18N2O2. The van der Waals surface area contributed by atoms with Gasteiger partial charge in [-0.25, -0.2) is 0 Å². The molecule has 1 aliphatic rings. The zero-order valence-electron chi connectivity index (χ0n) is 10.0. The average molecular weight is 234 g/mol. The Morgan fingerprint density at radius 1 is 1.41 bits per heavy atom. The molecule has 1 aromatic rings. The summed E-state index contributed by atoms with van der Waals surface area (Å²) in [6.45, 7) is 0.385. The van der Waals surface area contributed by atoms with Crippen molar-refractivity contribution in [3.63, 3.8) is 0 Å². The lowest BCUT2D eigenvalue weighted by Gasteiger charge is -2.23. The predicted octanol–water partition coefficient (Wildman–Crippen LogP) is 0.751. The first-order valence-electron chi connectivity index (χ1n) is 5.82. The number of nitrogens with zero attached hydrogens (tertiary/aromatic N) is 1. The molecule has 0 spiro atoms. The maximum atomic E-state index is 12.3. The van der Waals surface area contributed by atoms with Gasteiger partial charge in [0.25, 0.3) is 0 Å². The normalized spacial score (nSPS) is 16.6. The quantitative estimate of drug-likeness (QED) is 0.755. The van der Waals surface area contributed by atoms with Crippen LogP contribution in [0.3, 0.4) is 0 Å². The van der Waals surface area contributed by atoms with E-state index in [9.17, 15) is 4.79 Å². The summed E-state index contributed by atoms with van der Waals surface area (Å²) in [5.41, 5.74) is 7.02. The van der Waals surface area contributed by atoms with Crippen LogP contribution in [-0.2, 0) is 10.2 Å². The van der Waals surface area contributed by atoms with Crippen molar-refractivity contribution < 1.29 is 9.90 Å². The Morgan fingerprint density at radius 3 is 2.47 bits per heavy atom. The molecule has 0 heterocycles. The van der Waals surface area contributed by atoms with Crippen molar-refractivity contribution in [1.29, 1.82) is 0 Å². The minimum atomic E-state index is -0.363. The van der Waals surface area contributed by atoms with Crippen LogP contribution in [0.5, 0.6) is 0 Å². The molecule has 0 atom stereocenters. The molecule has 1 amide bonds. The summed E-state index contributed by atoms with van der Waals surface area (Å²) in [5, 5.41) is 8.87. The number of hydrogen-bond acceptors (Lipinski definition) is 3. The summed E-state index contributed by atoms with van der Waals surface area (Å²) >= 11 is 0. The van der Waals surface area contributed by atoms with Crippen molar-refractivity contribution in [2.75, 3.05) is 25.9 Å². The molecule has 1 saturated carbocycles. The van der Waals surface area contributed by atoms with Crippen LogP contribution >= 0.6 is 0 Å². The highest BCUT2D eigenvalue weighted by molar-refractivity contribution is 5.91. The number of aliphatic hydroxyl groups excluding tert-OH is 1. The van der Waals surface area contributed by atoms with Crippen molar-refractivity contribution >= 4 is 11.6 Å². The number of aliphatic hydroxyl groups is 1. The highest BCUT2D eigenvalue weighted by Crippen LogP contribution is 2.49. The van der Waals surface area contributed by atoms with Crippen molar-refractivity contribution in [2.45, 2.75) is 18.3 Å². The minimum Gasteiger partial charge on any atom is -0.399 e. The summed E-state index contributed by atoms with van der Waals surface area (Å²) in [5.74, 6) is 0.0938. The first-order valence-corrected chi connectivity index (χ1v) is 5.82. The topological polar surface area (TPSA) is 66.6 Å². The van der Waals surface area contributed by atoms with Gasteiger partial charge in [-0.1, -0.05) is 12.1 Å². The van der Waals surface area contributed by atoms with Crippen LogP contribution in [0.1, 0.15) is 18.4 Å². The fourth-order valence-electron chi connectivity index (χ4n) is 2.17. The second kappa shape index (κ2) is 4.37. The number of likely N-dealkylation sites (N-methyl/N-ethyl adjacent to an activating group) is 1. The van der Waals surface area contributed by atoms with Gasteiger partial charge in [0.05, 0.1) is 12.0 Å². The third-order valence-corrected chi connectivity index (χ3v) is 3.40. The summed E-state index contributed by atoms with van der Waals surface area (Å²) in [7, 11) is 1.73. The largest absolute Gasteiger partial charge is 0.399 e. The van der Waals surface area contributed by atoms with Crippen LogP contribution in [0.4, 0.5) is 5.69 Å². The third kappa shape index (κ3) is 2.13. The van der Waals surface area contributed by atoms with Gasteiger partial charge in [-0.3, -0.25) is 4.79 Å². The highest BCUT2D eigenvalue weighted by atomic mass is 16.3. The Kier molecular flexibility index (Phi) is 3.07. The monoisotopic (exact) mass is 234 g/mol. The van der Waals surface area contributed by atoms with Gasteiger partial charge in [0.1, 0.15) is 0 Å². The molecule has 2 rings (SSSR count). The average Bonchev–Trinajstić information content (AvgIpc) is 3.10. The fourth-order valence-corrected chi connectivity index (χ4v) is 2.17. The van der Waals surface area contributed by atoms with Gasteiger partial charge < -0.3 is 15.7 Å². The number of nitrogen functional groups attached to an aromatic ring is 1. The Labute approximate surface area is 101 Å². The zero-order chi connectivity index (χ0) is 12.5. The van der Waals surface area contributed by atoms with Crippen LogP contribution < -0.4 is 5.73 Å². The van der Waals surface area contributed by atoms with E-state index in [1.807, 2.05) is 24.3 Å². The molecule has 0 radical (unpaired) electrons. The van der Waals surface area contributed by atoms with Gasteiger partial charge in [0, 0.05) is 19.3 Å². The molecule has 1 aromatic carbocycles. The van der Waals surface area contributed by atoms with Crippen LogP contribution in [-0.4, -0.2) is 36.1 Å². The van der Waals surface area contributed by atoms with Crippen molar-refractivity contribution in [2.24, 2.45) is 0 Å². The minimum absolute atomic E-state index is 0.0000574. The lowest BCUT2D eigenvalue weighted by Crippen LogP contribution is -2.38. The van der Waals surface area contributed by atoms with Crippen molar-refractivity contribution in [3.8, 4) is 0 Å². The van der Waals surface area contributed by atoms with Crippen LogP contribution in [0.25, 0.3) is 0 Å². The molecular weight excluding hydrogens is 216 g/mol. The summed E-state index contributed by atoms with van der Waals surface area (Å²) in [4.78, 5) is 13.9. The lowest BCUT2D eigenvalue weighted by atomic mass is 9.94. The Morgan fingerprint density at radius 2 is 2.00 bits per heavy atom. The summed E-state index contributed by atoms with van der Waals surface area (Å²) in [6.07, 6.45) is 1.76. The number of hydrogen-bond donors (Lipinski definition) is 2. The van der Waals surface area contributed by atoms with Gasteiger partial charge in [-0.2, -0.15) is 0 Å². The number of carbonyl (C=O) groups is 1. The number of rotatable bonds is 4. The van der Waals surface area contributed by atoms with Gasteiger partial charge >= 0.3 is 0 Å². The Balaban J connectivity index is 2.19. The van der Waals surface area contributed by atoms with Gasteiger partial charge in [-0.15, -0.1) is 0 Å². The lowest BCUT2D eigenvalue weighted by molar-refractivity contribution is -0.133. The van der Waals surface area contributed by atoms with E-state index in [0.717, 1.165) is 18.4 Å². The van der Waals surface area contributed by atoms with E-state index in [0.29, 0.717) is 12.2 Å². The molecule has 0 unspecified atom stereocenters. The van der Waals surface area contributed by atoms with Crippen LogP contribution in [0.2, 0.25) is 0 Å². The SMILES string of the molecule is CN(CCO)C(=O)C1(c2ccc(N)cc2)CC1. The first kappa shape index (κ1) is 11.9. The van der Waals surface area contributed by atoms with E-state index >= 15 is 0 Å². The predicted molar refractivity (Wildman–Crippen MR) is 66.5 cm³/mol. The van der Waals surface area contributed by atoms with Crippen LogP contribution in [0.15, 0.2) is 24.3 Å². The summed E-state index contributed by atoms with van der Waals surface area (Å²) in [6, 6.07) is 7.50. The molecule has 0 aromatic heterocycles. The van der Waals surface area contributed by atoms with Gasteiger partial charge in [0.2, 0.25) is 5.91 Å². The van der Waals surface area contributed by atoms with Crippen molar-refractivity contribution in [3.05, 3.63) is 29.8 Å². The summed E-state index contributed by atoms with van der Waals surface area (Å²) < 4.78 is 0. The molecule has 1 fully saturated rings. The second-order valence-corrected chi connectivity index (χ2v) is 4.65. The van der Waals surface area contributed by atoms with Gasteiger partial charge in [-0.05, 0) is 30.5 Å². The molecule has 17 heavy (non-hydrogen) atoms. The Hall–Kier alpha value is -1.55. The second-order valence-electron chi connectivity index (χ2n) is 4.65. The molecule has 0 aliphatic heterocycles. The van der Waals surface area contributed by atoms with E-state index in [-0.39, 0.29) is 17.9 Å². The van der Waals surface area contributed by atoms with E-state index in [2.05, 4.69) is 0 Å². The Bertz CT molecular complexity index is 410. The number of amides is 1. The number of anilines is 1. The van der Waals surface area contributed by atoms with Gasteiger partial charge in [0.15, 0.2) is 0 Å². The molecule has 4 nitrogen and oxygen atoms in total. The smallest absolute Gasteiger partial charge is 0.233 e. The third-order valence-electron chi connectivity index (χ3n) is 3.40. The molecule has 1 aliphatic carbocycles. The fraction of sp³-hybridized carbons (Fsp3) is 0.462. The molecule has 0 bridgehead atoms. The highest BCUT2D eigenvalue weighted by Gasteiger charge is 2.52. The van der Waals surface area contributed by atoms with Crippen LogP contribution in [0, 0.1) is 0 Å². The molecule has 0 saturated heterocycles. The van der Waals surface area contributed by atoms with E-state index in [1.54, 1.807) is 11.9 Å². The maximum Gasteiger partial charge on any atom is 0.233 e. The van der Waals surface area contributed by atoms with E-state index < -0.39 is 0 Å². The number of carbonyl (C=O) groups excluding carboxylic acids is 1. The standard InChI is InChI=1S/C13H18N2O2/c1-15(8-9-16)12(17)13(6-7-13)10-2-4-11(14)5-3-10/h2-5,16H,6-9,14H2,1H3. The maximum absolute atomic E-state index is 12.3. The number of nitrogens with two attached hydrogens (primary N) is 1. The molecule has 92 valence electrons. The molecule has 3 N–H and O–H groups in total. The first-order chi connectivity index (χ1) is 8.10. The number of benzene rings is 1. The molecule has 4 heteroatoms. The van der Waals surface area contributed by atoms with E-state index in [1.165, 1.54) is 0 Å². The zero-order valence-corrected chi connectivity index (χ0v) is 10.0. The van der Waals surface area contributed by atoms with Crippen molar-refractivity contribution in [1.82, 2.24) is 4.90 Å². The van der Waals surface area contributed by atoms with E-state index in [4.69, 9.17) is 10.8 Å².